The minimum Gasteiger partial charge on any atom is -0.370 e. The molecule has 1 saturated heterocycles. The maximum absolute atomic E-state index is 11.5. The van der Waals surface area contributed by atoms with E-state index in [1.54, 1.807) is 0 Å². The molecule has 2 rings (SSSR count). The van der Waals surface area contributed by atoms with E-state index < -0.39 is 0 Å². The van der Waals surface area contributed by atoms with Crippen LogP contribution >= 0.6 is 15.9 Å². The van der Waals surface area contributed by atoms with Gasteiger partial charge in [-0.05, 0) is 30.7 Å². The van der Waals surface area contributed by atoms with E-state index in [0.29, 0.717) is 12.2 Å². The molecule has 86 valence electrons. The lowest BCUT2D eigenvalue weighted by Crippen LogP contribution is -2.39. The summed E-state index contributed by atoms with van der Waals surface area (Å²) in [4.78, 5) is 13.8. The number of Topliss-reactive ketones (excluding diaryl/α,β-unsaturated/α-hetero) is 1. The van der Waals surface area contributed by atoms with Crippen molar-refractivity contribution in [2.45, 2.75) is 20.3 Å². The van der Waals surface area contributed by atoms with E-state index in [1.807, 2.05) is 6.92 Å². The SMILES string of the molecule is Cc1cc(N2CCC(=O)C(C)C2)ccc1Br. The summed E-state index contributed by atoms with van der Waals surface area (Å²) in [5, 5.41) is 0. The molecule has 1 aromatic rings. The van der Waals surface area contributed by atoms with E-state index in [0.717, 1.165) is 17.6 Å². The highest BCUT2D eigenvalue weighted by atomic mass is 79.9. The zero-order chi connectivity index (χ0) is 11.7. The van der Waals surface area contributed by atoms with Gasteiger partial charge in [0.1, 0.15) is 5.78 Å². The van der Waals surface area contributed by atoms with Crippen molar-refractivity contribution in [2.75, 3.05) is 18.0 Å². The average molecular weight is 282 g/mol. The van der Waals surface area contributed by atoms with Gasteiger partial charge in [-0.3, -0.25) is 4.79 Å². The van der Waals surface area contributed by atoms with Crippen LogP contribution in [0.2, 0.25) is 0 Å². The molecule has 1 aliphatic heterocycles. The highest BCUT2D eigenvalue weighted by molar-refractivity contribution is 9.10. The van der Waals surface area contributed by atoms with Crippen LogP contribution in [0, 0.1) is 12.8 Å². The maximum atomic E-state index is 11.5. The van der Waals surface area contributed by atoms with E-state index in [9.17, 15) is 4.79 Å². The molecule has 2 nitrogen and oxygen atoms in total. The lowest BCUT2D eigenvalue weighted by Gasteiger charge is -2.32. The highest BCUT2D eigenvalue weighted by Gasteiger charge is 2.23. The maximum Gasteiger partial charge on any atom is 0.139 e. The predicted molar refractivity (Wildman–Crippen MR) is 69.9 cm³/mol. The first-order chi connectivity index (χ1) is 7.58. The number of piperidine rings is 1. The number of ketones is 1. The van der Waals surface area contributed by atoms with Gasteiger partial charge in [0.25, 0.3) is 0 Å². The number of carbonyl (C=O) groups is 1. The predicted octanol–water partition coefficient (Wildman–Crippen LogP) is 3.17. The summed E-state index contributed by atoms with van der Waals surface area (Å²) in [5.74, 6) is 0.558. The molecule has 0 spiro atoms. The molecule has 0 radical (unpaired) electrons. The van der Waals surface area contributed by atoms with Gasteiger partial charge in [-0.2, -0.15) is 0 Å². The molecule has 0 N–H and O–H groups in total. The lowest BCUT2D eigenvalue weighted by molar-refractivity contribution is -0.122. The van der Waals surface area contributed by atoms with Gasteiger partial charge in [0.2, 0.25) is 0 Å². The van der Waals surface area contributed by atoms with Crippen molar-refractivity contribution in [1.82, 2.24) is 0 Å². The minimum absolute atomic E-state index is 0.165. The molecular weight excluding hydrogens is 266 g/mol. The summed E-state index contributed by atoms with van der Waals surface area (Å²) < 4.78 is 1.14. The Morgan fingerprint density at radius 2 is 2.19 bits per heavy atom. The van der Waals surface area contributed by atoms with Gasteiger partial charge in [-0.1, -0.05) is 22.9 Å². The number of carbonyl (C=O) groups excluding carboxylic acids is 1. The molecule has 1 aromatic carbocycles. The molecule has 3 heteroatoms. The van der Waals surface area contributed by atoms with Crippen molar-refractivity contribution < 1.29 is 4.79 Å². The number of hydrogen-bond acceptors (Lipinski definition) is 2. The molecule has 0 bridgehead atoms. The van der Waals surface area contributed by atoms with Crippen LogP contribution in [0.15, 0.2) is 22.7 Å². The normalized spacial score (nSPS) is 21.3. The number of rotatable bonds is 1. The van der Waals surface area contributed by atoms with Crippen LogP contribution in [0.1, 0.15) is 18.9 Å². The summed E-state index contributed by atoms with van der Waals surface area (Å²) in [6.07, 6.45) is 0.677. The van der Waals surface area contributed by atoms with Gasteiger partial charge >= 0.3 is 0 Å². The third-order valence-corrected chi connectivity index (χ3v) is 4.07. The molecule has 0 aromatic heterocycles. The third-order valence-electron chi connectivity index (χ3n) is 3.18. The van der Waals surface area contributed by atoms with Gasteiger partial charge in [-0.15, -0.1) is 0 Å². The van der Waals surface area contributed by atoms with Gasteiger partial charge in [-0.25, -0.2) is 0 Å². The summed E-state index contributed by atoms with van der Waals surface area (Å²) >= 11 is 3.50. The zero-order valence-corrected chi connectivity index (χ0v) is 11.3. The van der Waals surface area contributed by atoms with Crippen molar-refractivity contribution in [3.05, 3.63) is 28.2 Å². The van der Waals surface area contributed by atoms with Crippen LogP contribution in [-0.4, -0.2) is 18.9 Å². The van der Waals surface area contributed by atoms with Gasteiger partial charge in [0, 0.05) is 35.6 Å². The molecule has 16 heavy (non-hydrogen) atoms. The number of aryl methyl sites for hydroxylation is 1. The highest BCUT2D eigenvalue weighted by Crippen LogP contribution is 2.25. The molecule has 0 aliphatic carbocycles. The van der Waals surface area contributed by atoms with Crippen molar-refractivity contribution >= 4 is 27.4 Å². The number of anilines is 1. The zero-order valence-electron chi connectivity index (χ0n) is 9.66. The second kappa shape index (κ2) is 4.58. The van der Waals surface area contributed by atoms with E-state index in [4.69, 9.17) is 0 Å². The molecule has 1 aliphatic rings. The van der Waals surface area contributed by atoms with Crippen molar-refractivity contribution in [3.8, 4) is 0 Å². The molecule has 1 heterocycles. The Morgan fingerprint density at radius 3 is 2.81 bits per heavy atom. The summed E-state index contributed by atoms with van der Waals surface area (Å²) in [6.45, 7) is 5.80. The Kier molecular flexibility index (Phi) is 3.33. The number of hydrogen-bond donors (Lipinski definition) is 0. The molecular formula is C13H16BrNO. The monoisotopic (exact) mass is 281 g/mol. The number of nitrogens with zero attached hydrogens (tertiary/aromatic N) is 1. The number of halogens is 1. The second-order valence-electron chi connectivity index (χ2n) is 4.50. The van der Waals surface area contributed by atoms with E-state index >= 15 is 0 Å². The molecule has 0 amide bonds. The minimum atomic E-state index is 0.165. The van der Waals surface area contributed by atoms with Crippen LogP contribution in [0.5, 0.6) is 0 Å². The van der Waals surface area contributed by atoms with E-state index in [-0.39, 0.29) is 5.92 Å². The molecule has 1 unspecified atom stereocenters. The van der Waals surface area contributed by atoms with Crippen LogP contribution in [0.25, 0.3) is 0 Å². The van der Waals surface area contributed by atoms with E-state index in [1.165, 1.54) is 11.3 Å². The summed E-state index contributed by atoms with van der Waals surface area (Å²) in [7, 11) is 0. The fraction of sp³-hybridized carbons (Fsp3) is 0.462. The molecule has 1 fully saturated rings. The second-order valence-corrected chi connectivity index (χ2v) is 5.35. The van der Waals surface area contributed by atoms with Gasteiger partial charge in [0.05, 0.1) is 0 Å². The van der Waals surface area contributed by atoms with Crippen LogP contribution in [0.4, 0.5) is 5.69 Å². The van der Waals surface area contributed by atoms with Crippen LogP contribution in [0.3, 0.4) is 0 Å². The Balaban J connectivity index is 2.18. The summed E-state index contributed by atoms with van der Waals surface area (Å²) in [6, 6.07) is 6.36. The summed E-state index contributed by atoms with van der Waals surface area (Å²) in [5.41, 5.74) is 2.46. The van der Waals surface area contributed by atoms with Gasteiger partial charge < -0.3 is 4.90 Å². The Labute approximate surface area is 105 Å². The smallest absolute Gasteiger partial charge is 0.139 e. The quantitative estimate of drug-likeness (QED) is 0.788. The van der Waals surface area contributed by atoms with Crippen LogP contribution < -0.4 is 4.90 Å². The molecule has 1 atom stereocenters. The van der Waals surface area contributed by atoms with Crippen molar-refractivity contribution in [3.63, 3.8) is 0 Å². The third kappa shape index (κ3) is 2.29. The fourth-order valence-corrected chi connectivity index (χ4v) is 2.32. The Bertz CT molecular complexity index is 416. The van der Waals surface area contributed by atoms with Crippen molar-refractivity contribution in [1.29, 1.82) is 0 Å². The van der Waals surface area contributed by atoms with Crippen molar-refractivity contribution in [2.24, 2.45) is 5.92 Å². The average Bonchev–Trinajstić information content (AvgIpc) is 2.26. The van der Waals surface area contributed by atoms with Crippen LogP contribution in [-0.2, 0) is 4.79 Å². The van der Waals surface area contributed by atoms with E-state index in [2.05, 4.69) is 46.0 Å². The van der Waals surface area contributed by atoms with Gasteiger partial charge in [0.15, 0.2) is 0 Å². The Hall–Kier alpha value is -0.830. The fourth-order valence-electron chi connectivity index (χ4n) is 2.08. The first kappa shape index (κ1) is 11.6. The first-order valence-corrected chi connectivity index (χ1v) is 6.41. The topological polar surface area (TPSA) is 20.3 Å². The largest absolute Gasteiger partial charge is 0.370 e. The number of benzene rings is 1. The standard InChI is InChI=1S/C13H16BrNO/c1-9-7-11(3-4-12(9)14)15-6-5-13(16)10(2)8-15/h3-4,7,10H,5-6,8H2,1-2H3. The lowest BCUT2D eigenvalue weighted by atomic mass is 9.98. The Morgan fingerprint density at radius 1 is 1.44 bits per heavy atom. The molecule has 0 saturated carbocycles. The first-order valence-electron chi connectivity index (χ1n) is 5.62.